The van der Waals surface area contributed by atoms with Crippen molar-refractivity contribution in [1.29, 1.82) is 0 Å². The van der Waals surface area contributed by atoms with Crippen molar-refractivity contribution in [2.75, 3.05) is 10.6 Å². The van der Waals surface area contributed by atoms with E-state index in [1.807, 2.05) is 24.3 Å². The summed E-state index contributed by atoms with van der Waals surface area (Å²) in [6.45, 7) is 0.625. The zero-order chi connectivity index (χ0) is 16.9. The maximum Gasteiger partial charge on any atom is 0.229 e. The van der Waals surface area contributed by atoms with E-state index < -0.39 is 0 Å². The Balaban J connectivity index is 1.71. The number of aromatic nitrogens is 2. The number of hydrogen-bond acceptors (Lipinski definition) is 4. The van der Waals surface area contributed by atoms with Crippen molar-refractivity contribution in [2.24, 2.45) is 0 Å². The number of halogens is 3. The normalized spacial score (nSPS) is 10.5. The molecule has 7 heteroatoms. The van der Waals surface area contributed by atoms with Gasteiger partial charge >= 0.3 is 0 Å². The topological polar surface area (TPSA) is 49.8 Å². The van der Waals surface area contributed by atoms with E-state index in [0.29, 0.717) is 39.1 Å². The molecule has 0 bridgehead atoms. The average Bonchev–Trinajstić information content (AvgIpc) is 2.58. The van der Waals surface area contributed by atoms with Gasteiger partial charge in [-0.25, -0.2) is 4.98 Å². The van der Waals surface area contributed by atoms with Gasteiger partial charge in [0, 0.05) is 17.8 Å². The van der Waals surface area contributed by atoms with Gasteiger partial charge in [-0.1, -0.05) is 53.0 Å². The molecule has 4 nitrogen and oxygen atoms in total. The van der Waals surface area contributed by atoms with E-state index in [9.17, 15) is 0 Å². The molecule has 0 amide bonds. The molecule has 0 saturated carbocycles. The minimum Gasteiger partial charge on any atom is -0.366 e. The molecule has 0 atom stereocenters. The van der Waals surface area contributed by atoms with E-state index >= 15 is 0 Å². The Morgan fingerprint density at radius 2 is 1.58 bits per heavy atom. The molecule has 0 unspecified atom stereocenters. The number of anilines is 3. The molecule has 24 heavy (non-hydrogen) atoms. The van der Waals surface area contributed by atoms with Crippen LogP contribution in [0.5, 0.6) is 0 Å². The van der Waals surface area contributed by atoms with E-state index in [2.05, 4.69) is 20.6 Å². The van der Waals surface area contributed by atoms with Crippen LogP contribution in [0.15, 0.2) is 54.7 Å². The Kier molecular flexibility index (Phi) is 5.41. The average molecular weight is 380 g/mol. The first-order valence-corrected chi connectivity index (χ1v) is 8.27. The van der Waals surface area contributed by atoms with E-state index in [4.69, 9.17) is 34.8 Å². The fraction of sp³-hybridized carbons (Fsp3) is 0.0588. The van der Waals surface area contributed by atoms with Crippen molar-refractivity contribution in [3.63, 3.8) is 0 Å². The second-order valence-corrected chi connectivity index (χ2v) is 6.22. The van der Waals surface area contributed by atoms with Crippen LogP contribution in [0.4, 0.5) is 17.5 Å². The third-order valence-corrected chi connectivity index (χ3v) is 4.12. The molecule has 0 aliphatic heterocycles. The van der Waals surface area contributed by atoms with Crippen LogP contribution >= 0.6 is 34.8 Å². The number of para-hydroxylation sites is 1. The summed E-state index contributed by atoms with van der Waals surface area (Å²) in [7, 11) is 0. The number of nitrogens with one attached hydrogen (secondary N) is 2. The van der Waals surface area contributed by atoms with E-state index in [0.717, 1.165) is 5.56 Å². The summed E-state index contributed by atoms with van der Waals surface area (Å²) < 4.78 is 0. The Labute approximate surface area is 154 Å². The number of hydrogen-bond donors (Lipinski definition) is 2. The lowest BCUT2D eigenvalue weighted by atomic mass is 10.2. The third-order valence-electron chi connectivity index (χ3n) is 3.24. The quantitative estimate of drug-likeness (QED) is 0.589. The highest BCUT2D eigenvalue weighted by Gasteiger charge is 2.07. The zero-order valence-electron chi connectivity index (χ0n) is 12.4. The van der Waals surface area contributed by atoms with Crippen LogP contribution in [0.25, 0.3) is 0 Å². The van der Waals surface area contributed by atoms with Crippen molar-refractivity contribution in [3.05, 3.63) is 75.4 Å². The summed E-state index contributed by atoms with van der Waals surface area (Å²) in [6.07, 6.45) is 1.66. The smallest absolute Gasteiger partial charge is 0.229 e. The maximum atomic E-state index is 6.14. The first-order valence-electron chi connectivity index (χ1n) is 7.14. The van der Waals surface area contributed by atoms with Gasteiger partial charge in [0.2, 0.25) is 5.95 Å². The fourth-order valence-corrected chi connectivity index (χ4v) is 2.66. The van der Waals surface area contributed by atoms with Crippen molar-refractivity contribution in [1.82, 2.24) is 9.97 Å². The minimum atomic E-state index is 0.408. The van der Waals surface area contributed by atoms with Crippen molar-refractivity contribution < 1.29 is 0 Å². The highest BCUT2D eigenvalue weighted by atomic mass is 35.5. The SMILES string of the molecule is Clc1ccc(CNc2ccnc(Nc3c(Cl)cccc3Cl)n2)cc1. The summed E-state index contributed by atoms with van der Waals surface area (Å²) in [6, 6.07) is 14.7. The molecule has 122 valence electrons. The molecular weight excluding hydrogens is 367 g/mol. The predicted octanol–water partition coefficient (Wildman–Crippen LogP) is 5.79. The van der Waals surface area contributed by atoms with Gasteiger partial charge in [-0.2, -0.15) is 4.98 Å². The molecule has 2 aromatic carbocycles. The molecule has 1 aromatic heterocycles. The van der Waals surface area contributed by atoms with Gasteiger partial charge in [-0.05, 0) is 35.9 Å². The summed E-state index contributed by atoms with van der Waals surface area (Å²) in [5.41, 5.74) is 1.68. The molecule has 0 aliphatic rings. The van der Waals surface area contributed by atoms with Gasteiger partial charge in [0.05, 0.1) is 15.7 Å². The van der Waals surface area contributed by atoms with Gasteiger partial charge in [0.25, 0.3) is 0 Å². The highest BCUT2D eigenvalue weighted by Crippen LogP contribution is 2.31. The summed E-state index contributed by atoms with van der Waals surface area (Å²) >= 11 is 18.2. The standard InChI is InChI=1S/C17H13Cl3N4/c18-12-6-4-11(5-7-12)10-22-15-8-9-21-17(23-15)24-16-13(19)2-1-3-14(16)20/h1-9H,10H2,(H2,21,22,23,24). The maximum absolute atomic E-state index is 6.14. The fourth-order valence-electron chi connectivity index (χ4n) is 2.04. The molecule has 0 aliphatic carbocycles. The molecule has 2 N–H and O–H groups in total. The van der Waals surface area contributed by atoms with Crippen LogP contribution in [0.2, 0.25) is 15.1 Å². The predicted molar refractivity (Wildman–Crippen MR) is 101 cm³/mol. The van der Waals surface area contributed by atoms with E-state index in [-0.39, 0.29) is 0 Å². The highest BCUT2D eigenvalue weighted by molar-refractivity contribution is 6.39. The monoisotopic (exact) mass is 378 g/mol. The minimum absolute atomic E-state index is 0.408. The van der Waals surface area contributed by atoms with E-state index in [1.54, 1.807) is 30.5 Å². The molecule has 0 fully saturated rings. The Hall–Kier alpha value is -2.01. The lowest BCUT2D eigenvalue weighted by Crippen LogP contribution is -2.04. The number of rotatable bonds is 5. The van der Waals surface area contributed by atoms with Gasteiger partial charge in [-0.15, -0.1) is 0 Å². The van der Waals surface area contributed by atoms with Crippen molar-refractivity contribution >= 4 is 52.3 Å². The molecule has 0 spiro atoms. The summed E-state index contributed by atoms with van der Waals surface area (Å²) in [5, 5.41) is 8.00. The summed E-state index contributed by atoms with van der Waals surface area (Å²) in [5.74, 6) is 1.09. The van der Waals surface area contributed by atoms with Gasteiger partial charge in [0.15, 0.2) is 0 Å². The Bertz CT molecular complexity index is 817. The van der Waals surface area contributed by atoms with Gasteiger partial charge in [-0.3, -0.25) is 0 Å². The number of nitrogens with zero attached hydrogens (tertiary/aromatic N) is 2. The third kappa shape index (κ3) is 4.29. The van der Waals surface area contributed by atoms with Crippen LogP contribution in [-0.4, -0.2) is 9.97 Å². The lowest BCUT2D eigenvalue weighted by molar-refractivity contribution is 1.08. The first-order chi connectivity index (χ1) is 11.6. The summed E-state index contributed by atoms with van der Waals surface area (Å²) in [4.78, 5) is 8.59. The van der Waals surface area contributed by atoms with E-state index in [1.165, 1.54) is 0 Å². The second kappa shape index (κ2) is 7.71. The zero-order valence-corrected chi connectivity index (χ0v) is 14.7. The Morgan fingerprint density at radius 3 is 2.29 bits per heavy atom. The molecule has 3 rings (SSSR count). The molecule has 0 radical (unpaired) electrons. The number of benzene rings is 2. The van der Waals surface area contributed by atoms with Crippen molar-refractivity contribution in [2.45, 2.75) is 6.54 Å². The first kappa shape index (κ1) is 16.8. The Morgan fingerprint density at radius 1 is 0.875 bits per heavy atom. The molecule has 1 heterocycles. The lowest BCUT2D eigenvalue weighted by Gasteiger charge is -2.10. The van der Waals surface area contributed by atoms with Gasteiger partial charge < -0.3 is 10.6 Å². The van der Waals surface area contributed by atoms with Crippen LogP contribution in [-0.2, 0) is 6.54 Å². The van der Waals surface area contributed by atoms with Crippen LogP contribution in [0, 0.1) is 0 Å². The molecule has 3 aromatic rings. The van der Waals surface area contributed by atoms with Crippen LogP contribution in [0.3, 0.4) is 0 Å². The van der Waals surface area contributed by atoms with Crippen LogP contribution in [0.1, 0.15) is 5.56 Å². The largest absolute Gasteiger partial charge is 0.366 e. The molecular formula is C17H13Cl3N4. The van der Waals surface area contributed by atoms with Crippen molar-refractivity contribution in [3.8, 4) is 0 Å². The molecule has 0 saturated heterocycles. The van der Waals surface area contributed by atoms with Gasteiger partial charge in [0.1, 0.15) is 5.82 Å². The second-order valence-electron chi connectivity index (χ2n) is 4.97. The van der Waals surface area contributed by atoms with Crippen LogP contribution < -0.4 is 10.6 Å².